The molecule has 1 atom stereocenters. The lowest BCUT2D eigenvalue weighted by molar-refractivity contribution is -1.73. The van der Waals surface area contributed by atoms with Crippen molar-refractivity contribution in [2.75, 3.05) is 0 Å². The van der Waals surface area contributed by atoms with Crippen molar-refractivity contribution in [1.82, 2.24) is 0 Å². The summed E-state index contributed by atoms with van der Waals surface area (Å²) in [4.78, 5) is 0.644. The lowest BCUT2D eigenvalue weighted by atomic mass is 9.88. The molecule has 1 heterocycles. The van der Waals surface area contributed by atoms with Crippen LogP contribution in [0.4, 0.5) is 13.2 Å². The van der Waals surface area contributed by atoms with Gasteiger partial charge in [0.25, 0.3) is 0 Å². The summed E-state index contributed by atoms with van der Waals surface area (Å²) in [7, 11) is -1.71. The molecular weight excluding hydrogens is 421 g/mol. The summed E-state index contributed by atoms with van der Waals surface area (Å²) in [5, 5.41) is 0.786. The van der Waals surface area contributed by atoms with E-state index in [9.17, 15) is 13.2 Å². The first-order valence-corrected chi connectivity index (χ1v) is 11.3. The second kappa shape index (κ2) is 8.81. The van der Waals surface area contributed by atoms with Crippen molar-refractivity contribution in [3.05, 3.63) is 34.7 Å². The van der Waals surface area contributed by atoms with E-state index in [-0.39, 0.29) is 5.92 Å². The van der Waals surface area contributed by atoms with Gasteiger partial charge in [-0.3, -0.25) is 0 Å². The van der Waals surface area contributed by atoms with Crippen molar-refractivity contribution in [1.29, 1.82) is 0 Å². The van der Waals surface area contributed by atoms with Crippen LogP contribution in [0, 0.1) is 14.8 Å². The maximum absolute atomic E-state index is 13.7. The van der Waals surface area contributed by atoms with Gasteiger partial charge in [0.1, 0.15) is 0 Å². The Hall–Kier alpha value is -0.670. The summed E-state index contributed by atoms with van der Waals surface area (Å²) in [5.41, 5.74) is -3.16. The first-order chi connectivity index (χ1) is 11.7. The van der Waals surface area contributed by atoms with Gasteiger partial charge in [0.2, 0.25) is 14.8 Å². The van der Waals surface area contributed by atoms with Crippen molar-refractivity contribution in [3.63, 3.8) is 0 Å². The zero-order valence-electron chi connectivity index (χ0n) is 13.8. The van der Waals surface area contributed by atoms with E-state index in [0.29, 0.717) is 9.58 Å². The molecule has 0 amide bonds. The van der Waals surface area contributed by atoms with E-state index in [0.717, 1.165) is 49.5 Å². The lowest BCUT2D eigenvalue weighted by Gasteiger charge is -2.18. The molecule has 1 aromatic heterocycles. The molecule has 0 N–H and O–H groups in total. The molecule has 1 saturated carbocycles. The van der Waals surface area contributed by atoms with Crippen LogP contribution < -0.4 is 12.6 Å². The van der Waals surface area contributed by atoms with E-state index < -0.39 is 30.8 Å². The standard InChI is InChI=1S/C17H20F3S.BrO3/c1-2-12-8-9-14-11-16(13-6-4-3-5-7-13)21(15(14)10-12)17(18,19)20;2-1(3)4/h8-11,13H,2-7H2,1H3;/q+1;-1. The number of rotatable bonds is 2. The van der Waals surface area contributed by atoms with E-state index in [1.807, 2.05) is 25.1 Å². The number of hydrogen-bond donors (Lipinski definition) is 0. The van der Waals surface area contributed by atoms with Crippen LogP contribution in [0.2, 0.25) is 0 Å². The van der Waals surface area contributed by atoms with Crippen molar-refractivity contribution in [2.45, 2.75) is 56.9 Å². The average molecular weight is 441 g/mol. The Bertz CT molecular complexity index is 691. The van der Waals surface area contributed by atoms with Crippen LogP contribution in [0.15, 0.2) is 24.3 Å². The monoisotopic (exact) mass is 440 g/mol. The van der Waals surface area contributed by atoms with Gasteiger partial charge >= 0.3 is 5.51 Å². The molecule has 1 aromatic carbocycles. The Morgan fingerprint density at radius 2 is 1.68 bits per heavy atom. The maximum atomic E-state index is 13.7. The number of thiophene rings is 1. The third-order valence-corrected chi connectivity index (χ3v) is 6.66. The highest BCUT2D eigenvalue weighted by Crippen LogP contribution is 2.55. The Morgan fingerprint density at radius 1 is 1.08 bits per heavy atom. The van der Waals surface area contributed by atoms with Gasteiger partial charge in [0.15, 0.2) is 9.58 Å². The van der Waals surface area contributed by atoms with E-state index in [2.05, 4.69) is 0 Å². The second-order valence-electron chi connectivity index (χ2n) is 6.05. The van der Waals surface area contributed by atoms with Gasteiger partial charge in [-0.25, -0.2) is 0 Å². The fourth-order valence-electron chi connectivity index (χ4n) is 3.36. The minimum absolute atomic E-state index is 0.126. The zero-order valence-corrected chi connectivity index (χ0v) is 16.2. The van der Waals surface area contributed by atoms with Gasteiger partial charge in [-0.1, -0.05) is 32.3 Å². The van der Waals surface area contributed by atoms with Crippen molar-refractivity contribution >= 4 is 20.6 Å². The second-order valence-corrected chi connectivity index (χ2v) is 8.83. The molecule has 1 fully saturated rings. The molecule has 0 spiro atoms. The Kier molecular flexibility index (Phi) is 7.28. The number of aryl methyl sites for hydroxylation is 1. The first-order valence-electron chi connectivity index (χ1n) is 8.12. The van der Waals surface area contributed by atoms with Crippen LogP contribution >= 0.6 is 10.5 Å². The number of benzene rings is 1. The van der Waals surface area contributed by atoms with Gasteiger partial charge in [0, 0.05) is 23.4 Å². The molecule has 2 aromatic rings. The van der Waals surface area contributed by atoms with Crippen LogP contribution in [0.1, 0.15) is 55.4 Å². The molecule has 0 radical (unpaired) electrons. The van der Waals surface area contributed by atoms with Gasteiger partial charge in [-0.2, -0.15) is 0 Å². The number of alkyl halides is 3. The summed E-state index contributed by atoms with van der Waals surface area (Å²) in [6.07, 6.45) is 5.90. The molecule has 0 saturated heterocycles. The van der Waals surface area contributed by atoms with E-state index in [4.69, 9.17) is 12.6 Å². The molecule has 1 aliphatic rings. The summed E-state index contributed by atoms with van der Waals surface area (Å²) in [5.74, 6) is 0.126. The first kappa shape index (κ1) is 20.6. The molecule has 3 nitrogen and oxygen atoms in total. The third kappa shape index (κ3) is 5.40. The highest BCUT2D eigenvalue weighted by Gasteiger charge is 2.49. The van der Waals surface area contributed by atoms with E-state index in [1.165, 1.54) is 0 Å². The topological polar surface area (TPSA) is 69.2 Å². The fourth-order valence-corrected chi connectivity index (χ4v) is 5.58. The number of halogens is 4. The van der Waals surface area contributed by atoms with Gasteiger partial charge in [-0.15, -0.1) is 13.2 Å². The summed E-state index contributed by atoms with van der Waals surface area (Å²) < 4.78 is 67.0. The highest BCUT2D eigenvalue weighted by atomic mass is 80.0. The van der Waals surface area contributed by atoms with Crippen LogP contribution in [-0.4, -0.2) is 0 Å². The Labute approximate surface area is 152 Å². The molecule has 1 unspecified atom stereocenters. The van der Waals surface area contributed by atoms with Crippen LogP contribution in [0.25, 0.3) is 10.1 Å². The fraction of sp³-hybridized carbons (Fsp3) is 0.529. The minimum atomic E-state index is -4.15. The summed E-state index contributed by atoms with van der Waals surface area (Å²) in [6.45, 7) is 1.98. The maximum Gasteiger partial charge on any atom is 0.600 e. The van der Waals surface area contributed by atoms with Crippen molar-refractivity contribution in [3.8, 4) is 0 Å². The highest BCUT2D eigenvalue weighted by molar-refractivity contribution is 7.38. The quantitative estimate of drug-likeness (QED) is 0.673. The molecule has 3 rings (SSSR count). The van der Waals surface area contributed by atoms with Crippen molar-refractivity contribution < 1.29 is 40.6 Å². The Morgan fingerprint density at radius 3 is 2.20 bits per heavy atom. The predicted octanol–water partition coefficient (Wildman–Crippen LogP) is 3.11. The lowest BCUT2D eigenvalue weighted by Crippen LogP contribution is -2.42. The average Bonchev–Trinajstić information content (AvgIpc) is 2.93. The van der Waals surface area contributed by atoms with E-state index >= 15 is 0 Å². The number of fused-ring (bicyclic) bond motifs is 1. The van der Waals surface area contributed by atoms with Crippen LogP contribution in [0.5, 0.6) is 0 Å². The summed E-state index contributed by atoms with van der Waals surface area (Å²) >= 11 is -3.65. The van der Waals surface area contributed by atoms with E-state index in [1.54, 1.807) is 6.07 Å². The minimum Gasteiger partial charge on any atom is -0.405 e. The number of hydrogen-bond acceptors (Lipinski definition) is 3. The molecule has 140 valence electrons. The summed E-state index contributed by atoms with van der Waals surface area (Å²) in [6, 6.07) is 7.44. The van der Waals surface area contributed by atoms with Gasteiger partial charge in [-0.05, 0) is 30.9 Å². The van der Waals surface area contributed by atoms with Gasteiger partial charge in [0.05, 0.1) is 10.5 Å². The van der Waals surface area contributed by atoms with Gasteiger partial charge < -0.3 is 12.6 Å². The molecule has 1 aliphatic carbocycles. The van der Waals surface area contributed by atoms with Crippen LogP contribution in [-0.2, 0) is 11.9 Å². The smallest absolute Gasteiger partial charge is 0.405 e. The predicted molar refractivity (Wildman–Crippen MR) is 82.9 cm³/mol. The normalized spacial score (nSPS) is 16.9. The molecule has 25 heavy (non-hydrogen) atoms. The zero-order chi connectivity index (χ0) is 18.6. The molecule has 0 bridgehead atoms. The SMILES string of the molecule is CCc1ccc2cc(C3CCCCC3)[s+](C(F)(F)F)c2c1.[O-][Br+2]([O-])[O-]. The molecular formula is C17H20BrF3O3S. The Balaban J connectivity index is 0.000000511. The largest absolute Gasteiger partial charge is 0.600 e. The molecule has 0 aliphatic heterocycles. The van der Waals surface area contributed by atoms with Crippen LogP contribution in [0.3, 0.4) is 0 Å². The molecule has 8 heteroatoms. The third-order valence-electron chi connectivity index (χ3n) is 4.48. The van der Waals surface area contributed by atoms with Crippen molar-refractivity contribution in [2.24, 2.45) is 0 Å².